The lowest BCUT2D eigenvalue weighted by molar-refractivity contribution is -0.141. The smallest absolute Gasteiger partial charge is 0.325 e. The first-order valence-corrected chi connectivity index (χ1v) is 6.68. The van der Waals surface area contributed by atoms with Gasteiger partial charge in [-0.1, -0.05) is 24.0 Å². The first-order valence-electron chi connectivity index (χ1n) is 6.68. The normalized spacial score (nSPS) is 9.48. The highest BCUT2D eigenvalue weighted by molar-refractivity contribution is 5.98. The molecule has 112 valence electrons. The fraction of sp³-hybridized carbons (Fsp3) is 0.375. The molecule has 0 aliphatic heterocycles. The number of benzene rings is 1. The average Bonchev–Trinajstić information content (AvgIpc) is 2.52. The van der Waals surface area contributed by atoms with Gasteiger partial charge in [-0.05, 0) is 19.1 Å². The monoisotopic (exact) mass is 289 g/mol. The summed E-state index contributed by atoms with van der Waals surface area (Å²) in [6.45, 7) is 2.07. The fourth-order valence-electron chi connectivity index (χ4n) is 1.71. The molecule has 1 aromatic carbocycles. The second-order valence-electron chi connectivity index (χ2n) is 4.22. The molecule has 0 radical (unpaired) electrons. The number of aliphatic hydroxyl groups is 1. The minimum Gasteiger partial charge on any atom is -0.468 e. The summed E-state index contributed by atoms with van der Waals surface area (Å²) in [6, 6.07) is 6.95. The number of likely N-dealkylation sites (N-methyl/N-ethyl adjacent to an activating group) is 1. The Hall–Kier alpha value is -2.32. The standard InChI is InChI=1S/C16H19NO4/c1-3-17(12-15(19)21-2)16(20)14-10-5-4-8-13(14)9-6-7-11-18/h4-5,8,10,18H,3,7,11-12H2,1-2H3. The van der Waals surface area contributed by atoms with Gasteiger partial charge in [0.25, 0.3) is 5.91 Å². The second kappa shape index (κ2) is 8.77. The van der Waals surface area contributed by atoms with Crippen LogP contribution in [0.5, 0.6) is 0 Å². The van der Waals surface area contributed by atoms with E-state index in [1.54, 1.807) is 31.2 Å². The van der Waals surface area contributed by atoms with Crippen LogP contribution >= 0.6 is 0 Å². The van der Waals surface area contributed by atoms with Crippen LogP contribution in [0.4, 0.5) is 0 Å². The minimum absolute atomic E-state index is 0.0213. The van der Waals surface area contributed by atoms with E-state index in [4.69, 9.17) is 5.11 Å². The molecule has 5 heteroatoms. The molecule has 1 rings (SSSR count). The topological polar surface area (TPSA) is 66.8 Å². The molecule has 1 N–H and O–H groups in total. The molecule has 0 atom stereocenters. The van der Waals surface area contributed by atoms with Crippen molar-refractivity contribution in [1.29, 1.82) is 0 Å². The Balaban J connectivity index is 3.00. The predicted octanol–water partition coefficient (Wildman–Crippen LogP) is 1.06. The van der Waals surface area contributed by atoms with Crippen molar-refractivity contribution < 1.29 is 19.4 Å². The van der Waals surface area contributed by atoms with E-state index in [-0.39, 0.29) is 19.1 Å². The van der Waals surface area contributed by atoms with Gasteiger partial charge in [0.2, 0.25) is 0 Å². The van der Waals surface area contributed by atoms with Crippen molar-refractivity contribution in [2.45, 2.75) is 13.3 Å². The Morgan fingerprint density at radius 1 is 1.33 bits per heavy atom. The van der Waals surface area contributed by atoms with Gasteiger partial charge in [0.15, 0.2) is 0 Å². The van der Waals surface area contributed by atoms with Crippen LogP contribution in [0.15, 0.2) is 24.3 Å². The molecule has 1 aromatic rings. The Bertz CT molecular complexity index is 557. The number of carbonyl (C=O) groups is 2. The third kappa shape index (κ3) is 4.93. The van der Waals surface area contributed by atoms with Gasteiger partial charge in [-0.3, -0.25) is 9.59 Å². The van der Waals surface area contributed by atoms with E-state index in [2.05, 4.69) is 16.6 Å². The number of amides is 1. The van der Waals surface area contributed by atoms with Crippen molar-refractivity contribution in [3.63, 3.8) is 0 Å². The Morgan fingerprint density at radius 2 is 2.05 bits per heavy atom. The van der Waals surface area contributed by atoms with E-state index in [0.29, 0.717) is 24.1 Å². The number of carbonyl (C=O) groups excluding carboxylic acids is 2. The van der Waals surface area contributed by atoms with E-state index in [1.165, 1.54) is 12.0 Å². The molecule has 0 heterocycles. The van der Waals surface area contributed by atoms with Gasteiger partial charge in [-0.15, -0.1) is 0 Å². The zero-order valence-electron chi connectivity index (χ0n) is 12.3. The van der Waals surface area contributed by atoms with Crippen molar-refractivity contribution in [3.05, 3.63) is 35.4 Å². The molecule has 0 spiro atoms. The third-order valence-electron chi connectivity index (χ3n) is 2.83. The number of ether oxygens (including phenoxy) is 1. The molecule has 21 heavy (non-hydrogen) atoms. The largest absolute Gasteiger partial charge is 0.468 e. The zero-order valence-corrected chi connectivity index (χ0v) is 12.3. The lowest BCUT2D eigenvalue weighted by Gasteiger charge is -2.20. The van der Waals surface area contributed by atoms with Gasteiger partial charge in [0, 0.05) is 18.5 Å². The number of rotatable bonds is 5. The number of nitrogens with zero attached hydrogens (tertiary/aromatic N) is 1. The zero-order chi connectivity index (χ0) is 15.7. The number of methoxy groups -OCH3 is 1. The van der Waals surface area contributed by atoms with E-state index >= 15 is 0 Å². The van der Waals surface area contributed by atoms with Crippen LogP contribution in [0, 0.1) is 11.8 Å². The maximum absolute atomic E-state index is 12.5. The fourth-order valence-corrected chi connectivity index (χ4v) is 1.71. The van der Waals surface area contributed by atoms with Gasteiger partial charge in [-0.2, -0.15) is 0 Å². The predicted molar refractivity (Wildman–Crippen MR) is 78.6 cm³/mol. The maximum Gasteiger partial charge on any atom is 0.325 e. The number of hydrogen-bond donors (Lipinski definition) is 1. The third-order valence-corrected chi connectivity index (χ3v) is 2.83. The van der Waals surface area contributed by atoms with Crippen LogP contribution in [0.25, 0.3) is 0 Å². The molecular weight excluding hydrogens is 270 g/mol. The van der Waals surface area contributed by atoms with Gasteiger partial charge in [-0.25, -0.2) is 0 Å². The quantitative estimate of drug-likeness (QED) is 0.650. The molecule has 0 unspecified atom stereocenters. The van der Waals surface area contributed by atoms with E-state index in [1.807, 2.05) is 0 Å². The summed E-state index contributed by atoms with van der Waals surface area (Å²) in [5.41, 5.74) is 1.02. The van der Waals surface area contributed by atoms with Crippen LogP contribution in [-0.2, 0) is 9.53 Å². The molecule has 0 bridgehead atoms. The maximum atomic E-state index is 12.5. The molecule has 0 saturated heterocycles. The van der Waals surface area contributed by atoms with E-state index < -0.39 is 5.97 Å². The number of esters is 1. The van der Waals surface area contributed by atoms with Crippen LogP contribution in [-0.4, -0.2) is 48.7 Å². The molecule has 5 nitrogen and oxygen atoms in total. The van der Waals surface area contributed by atoms with Crippen molar-refractivity contribution >= 4 is 11.9 Å². The summed E-state index contributed by atoms with van der Waals surface area (Å²) < 4.78 is 4.59. The van der Waals surface area contributed by atoms with Crippen LogP contribution in [0.2, 0.25) is 0 Å². The summed E-state index contributed by atoms with van der Waals surface area (Å²) in [5, 5.41) is 8.75. The lowest BCUT2D eigenvalue weighted by atomic mass is 10.1. The Kier molecular flexibility index (Phi) is 6.99. The van der Waals surface area contributed by atoms with Crippen molar-refractivity contribution in [3.8, 4) is 11.8 Å². The highest BCUT2D eigenvalue weighted by Gasteiger charge is 2.19. The lowest BCUT2D eigenvalue weighted by Crippen LogP contribution is -2.36. The molecule has 0 aliphatic carbocycles. The van der Waals surface area contributed by atoms with E-state index in [0.717, 1.165) is 0 Å². The highest BCUT2D eigenvalue weighted by Crippen LogP contribution is 2.11. The molecule has 1 amide bonds. The van der Waals surface area contributed by atoms with E-state index in [9.17, 15) is 9.59 Å². The van der Waals surface area contributed by atoms with Crippen LogP contribution in [0.1, 0.15) is 29.3 Å². The Labute approximate surface area is 124 Å². The van der Waals surface area contributed by atoms with Crippen molar-refractivity contribution in [1.82, 2.24) is 4.90 Å². The average molecular weight is 289 g/mol. The highest BCUT2D eigenvalue weighted by atomic mass is 16.5. The SMILES string of the molecule is CCN(CC(=O)OC)C(=O)c1ccccc1C#CCCO. The first-order chi connectivity index (χ1) is 10.1. The van der Waals surface area contributed by atoms with Gasteiger partial charge in [0.05, 0.1) is 19.3 Å². The molecule has 0 saturated carbocycles. The van der Waals surface area contributed by atoms with Gasteiger partial charge >= 0.3 is 5.97 Å². The van der Waals surface area contributed by atoms with Gasteiger partial charge < -0.3 is 14.7 Å². The summed E-state index contributed by atoms with van der Waals surface area (Å²) in [5.74, 6) is 4.93. The molecule has 0 fully saturated rings. The summed E-state index contributed by atoms with van der Waals surface area (Å²) in [7, 11) is 1.29. The second-order valence-corrected chi connectivity index (χ2v) is 4.22. The number of aliphatic hydroxyl groups excluding tert-OH is 1. The summed E-state index contributed by atoms with van der Waals surface area (Å²) in [6.07, 6.45) is 0.349. The Morgan fingerprint density at radius 3 is 2.67 bits per heavy atom. The van der Waals surface area contributed by atoms with Crippen molar-refractivity contribution in [2.24, 2.45) is 0 Å². The van der Waals surface area contributed by atoms with Gasteiger partial charge in [0.1, 0.15) is 6.54 Å². The molecular formula is C16H19NO4. The molecule has 0 aliphatic rings. The summed E-state index contributed by atoms with van der Waals surface area (Å²) in [4.78, 5) is 25.2. The molecule has 0 aromatic heterocycles. The van der Waals surface area contributed by atoms with Crippen LogP contribution in [0.3, 0.4) is 0 Å². The first kappa shape index (κ1) is 16.7. The van der Waals surface area contributed by atoms with Crippen LogP contribution < -0.4 is 0 Å². The minimum atomic E-state index is -0.464. The van der Waals surface area contributed by atoms with Crippen molar-refractivity contribution in [2.75, 3.05) is 26.8 Å². The number of hydrogen-bond acceptors (Lipinski definition) is 4. The summed E-state index contributed by atoms with van der Waals surface area (Å²) >= 11 is 0.